The number of esters is 1. The average Bonchev–Trinajstić information content (AvgIpc) is 3.07. The summed E-state index contributed by atoms with van der Waals surface area (Å²) in [7, 11) is 0. The van der Waals surface area contributed by atoms with Crippen LogP contribution in [-0.4, -0.2) is 32.8 Å². The van der Waals surface area contributed by atoms with Gasteiger partial charge in [-0.2, -0.15) is 8.78 Å². The Labute approximate surface area is 285 Å². The van der Waals surface area contributed by atoms with Crippen molar-refractivity contribution in [1.29, 1.82) is 0 Å². The second-order valence-electron chi connectivity index (χ2n) is 10.7. The van der Waals surface area contributed by atoms with E-state index in [1.807, 2.05) is 0 Å². The van der Waals surface area contributed by atoms with Gasteiger partial charge in [0.1, 0.15) is 22.2 Å². The predicted octanol–water partition coefficient (Wildman–Crippen LogP) is 7.93. The number of nitrogens with zero attached hydrogens (tertiary/aromatic N) is 2. The number of hydrogen-bond acceptors (Lipinski definition) is 7. The molecule has 0 saturated carbocycles. The van der Waals surface area contributed by atoms with Gasteiger partial charge in [0.25, 0.3) is 0 Å². The number of carboxylic acids is 1. The molecule has 0 fully saturated rings. The molecule has 4 heterocycles. The van der Waals surface area contributed by atoms with Crippen LogP contribution in [0.5, 0.6) is 23.0 Å². The lowest BCUT2D eigenvalue weighted by molar-refractivity contribution is 0.0523. The zero-order chi connectivity index (χ0) is 35.8. The van der Waals surface area contributed by atoms with Gasteiger partial charge in [-0.1, -0.05) is 23.2 Å². The molecular formula is C34H16Cl2F4N2O8. The minimum Gasteiger partial charge on any atom is -0.477 e. The molecule has 0 bridgehead atoms. The Bertz CT molecular complexity index is 2640. The van der Waals surface area contributed by atoms with Crippen molar-refractivity contribution in [2.24, 2.45) is 0 Å². The zero-order valence-corrected chi connectivity index (χ0v) is 26.5. The fraction of sp³-hybridized carbons (Fsp3) is 0.0588. The van der Waals surface area contributed by atoms with Crippen LogP contribution in [0, 0.1) is 23.3 Å². The van der Waals surface area contributed by atoms with Gasteiger partial charge in [-0.25, -0.2) is 18.4 Å². The summed E-state index contributed by atoms with van der Waals surface area (Å²) < 4.78 is 74.8. The van der Waals surface area contributed by atoms with Crippen LogP contribution in [-0.2, 0) is 4.74 Å². The van der Waals surface area contributed by atoms with Gasteiger partial charge in [0.15, 0.2) is 34.6 Å². The summed E-state index contributed by atoms with van der Waals surface area (Å²) in [6.45, 7) is 1.66. The summed E-state index contributed by atoms with van der Waals surface area (Å²) in [5.74, 6) is -8.07. The van der Waals surface area contributed by atoms with Crippen molar-refractivity contribution in [1.82, 2.24) is 9.13 Å². The molecule has 0 amide bonds. The van der Waals surface area contributed by atoms with Crippen LogP contribution in [0.15, 0.2) is 70.5 Å². The molecule has 2 aliphatic rings. The van der Waals surface area contributed by atoms with Crippen LogP contribution >= 0.6 is 23.2 Å². The molecule has 8 rings (SSSR count). The monoisotopic (exact) mass is 726 g/mol. The van der Waals surface area contributed by atoms with Crippen molar-refractivity contribution < 1.29 is 46.5 Å². The van der Waals surface area contributed by atoms with Crippen LogP contribution in [0.3, 0.4) is 0 Å². The molecule has 16 heteroatoms. The van der Waals surface area contributed by atoms with Gasteiger partial charge >= 0.3 is 11.9 Å². The number of carbonyl (C=O) groups is 2. The van der Waals surface area contributed by atoms with Gasteiger partial charge < -0.3 is 28.5 Å². The lowest BCUT2D eigenvalue weighted by atomic mass is 10.1. The molecule has 0 aliphatic carbocycles. The van der Waals surface area contributed by atoms with Crippen LogP contribution in [0.25, 0.3) is 33.2 Å². The number of ether oxygens (including phenoxy) is 3. The van der Waals surface area contributed by atoms with Gasteiger partial charge in [0, 0.05) is 34.6 Å². The molecule has 252 valence electrons. The highest BCUT2D eigenvalue weighted by atomic mass is 35.5. The van der Waals surface area contributed by atoms with Crippen molar-refractivity contribution in [3.8, 4) is 34.4 Å². The fourth-order valence-electron chi connectivity index (χ4n) is 5.64. The summed E-state index contributed by atoms with van der Waals surface area (Å²) in [5.41, 5.74) is -1.79. The Kier molecular flexibility index (Phi) is 7.80. The quantitative estimate of drug-likeness (QED) is 0.144. The Morgan fingerprint density at radius 1 is 0.740 bits per heavy atom. The maximum atomic E-state index is 14.3. The normalized spacial score (nSPS) is 11.9. The molecule has 10 nitrogen and oxygen atoms in total. The topological polar surface area (TPSA) is 126 Å². The first-order valence-electron chi connectivity index (χ1n) is 14.3. The Morgan fingerprint density at radius 3 is 1.62 bits per heavy atom. The SMILES string of the molecule is CCOC(=O)c1cn2c3c(c(F)c(F)cc3c1=O)Oc1cc(Cl)ccc1-2.O=C(O)c1cn2c3c(c(F)c(F)cc3c1=O)Oc1cc(Cl)ccc1-2. The van der Waals surface area contributed by atoms with Crippen molar-refractivity contribution in [3.63, 3.8) is 0 Å². The van der Waals surface area contributed by atoms with Gasteiger partial charge in [-0.3, -0.25) is 9.59 Å². The number of carboxylic acid groups (broad SMARTS) is 1. The number of hydrogen-bond donors (Lipinski definition) is 1. The van der Waals surface area contributed by atoms with Crippen molar-refractivity contribution in [2.45, 2.75) is 6.92 Å². The highest BCUT2D eigenvalue weighted by Gasteiger charge is 2.30. The summed E-state index contributed by atoms with van der Waals surface area (Å²) in [4.78, 5) is 48.4. The summed E-state index contributed by atoms with van der Waals surface area (Å²) in [6, 6.07) is 10.4. The minimum atomic E-state index is -1.47. The van der Waals surface area contributed by atoms with Gasteiger partial charge in [0.2, 0.25) is 22.5 Å². The number of carbonyl (C=O) groups excluding carboxylic acids is 1. The second kappa shape index (κ2) is 11.9. The number of rotatable bonds is 3. The third-order valence-corrected chi connectivity index (χ3v) is 8.26. The van der Waals surface area contributed by atoms with Crippen molar-refractivity contribution >= 4 is 56.9 Å². The maximum absolute atomic E-state index is 14.3. The molecule has 0 saturated heterocycles. The van der Waals surface area contributed by atoms with E-state index in [0.717, 1.165) is 12.3 Å². The van der Waals surface area contributed by atoms with Crippen molar-refractivity contribution in [3.05, 3.63) is 126 Å². The van der Waals surface area contributed by atoms with Crippen LogP contribution in [0.2, 0.25) is 10.0 Å². The number of pyridine rings is 2. The van der Waals surface area contributed by atoms with E-state index >= 15 is 0 Å². The van der Waals surface area contributed by atoms with E-state index in [1.54, 1.807) is 19.1 Å². The van der Waals surface area contributed by atoms with E-state index in [2.05, 4.69) is 0 Å². The first kappa shape index (κ1) is 32.7. The summed E-state index contributed by atoms with van der Waals surface area (Å²) in [5, 5.41) is 9.36. The highest BCUT2D eigenvalue weighted by molar-refractivity contribution is 6.31. The molecule has 2 aromatic heterocycles. The van der Waals surface area contributed by atoms with Gasteiger partial charge in [0.05, 0.1) is 28.8 Å². The van der Waals surface area contributed by atoms with E-state index < -0.39 is 63.1 Å². The van der Waals surface area contributed by atoms with E-state index in [9.17, 15) is 41.8 Å². The van der Waals surface area contributed by atoms with E-state index in [1.165, 1.54) is 39.6 Å². The maximum Gasteiger partial charge on any atom is 0.343 e. The molecule has 1 N–H and O–H groups in total. The number of aromatic nitrogens is 2. The average molecular weight is 727 g/mol. The Hall–Kier alpha value is -5.86. The molecular weight excluding hydrogens is 711 g/mol. The number of halogens is 6. The fourth-order valence-corrected chi connectivity index (χ4v) is 5.96. The standard InChI is InChI=1S/C18H10ClF2NO4.C16H6ClF2NO4/c1-2-25-18(24)10-7-22-12-4-3-8(19)5-13(12)26-17-14(21)11(20)6-9(15(17)22)16(10)23;17-6-1-2-10-11(3-6)24-15-12(19)9(18)4-7-13(15)20(10)5-8(14(7)21)16(22)23/h3-7H,2H2,1H3;1-5H,(H,22,23). The third-order valence-electron chi connectivity index (χ3n) is 7.79. The van der Waals surface area contributed by atoms with Gasteiger partial charge in [-0.05, 0) is 43.3 Å². The first-order chi connectivity index (χ1) is 23.8. The molecule has 0 radical (unpaired) electrons. The zero-order valence-electron chi connectivity index (χ0n) is 24.9. The molecule has 4 aromatic carbocycles. The number of aromatic carboxylic acids is 1. The highest BCUT2D eigenvalue weighted by Crippen LogP contribution is 2.44. The molecule has 6 aromatic rings. The summed E-state index contributed by atoms with van der Waals surface area (Å²) >= 11 is 11.8. The van der Waals surface area contributed by atoms with Gasteiger partial charge in [-0.15, -0.1) is 0 Å². The molecule has 2 aliphatic heterocycles. The molecule has 50 heavy (non-hydrogen) atoms. The van der Waals surface area contributed by atoms with Crippen LogP contribution in [0.1, 0.15) is 27.6 Å². The predicted molar refractivity (Wildman–Crippen MR) is 172 cm³/mol. The van der Waals surface area contributed by atoms with Crippen LogP contribution < -0.4 is 20.3 Å². The molecule has 0 atom stereocenters. The molecule has 0 spiro atoms. The van der Waals surface area contributed by atoms with E-state index in [0.29, 0.717) is 27.5 Å². The van der Waals surface area contributed by atoms with E-state index in [4.69, 9.17) is 37.4 Å². The largest absolute Gasteiger partial charge is 0.477 e. The number of fused-ring (bicyclic) bond motifs is 4. The Balaban J connectivity index is 0.000000157. The third kappa shape index (κ3) is 5.02. The molecule has 0 unspecified atom stereocenters. The van der Waals surface area contributed by atoms with Crippen molar-refractivity contribution in [2.75, 3.05) is 6.61 Å². The smallest absolute Gasteiger partial charge is 0.343 e. The summed E-state index contributed by atoms with van der Waals surface area (Å²) in [6.07, 6.45) is 2.29. The lowest BCUT2D eigenvalue weighted by Crippen LogP contribution is -2.22. The lowest BCUT2D eigenvalue weighted by Gasteiger charge is -2.24. The van der Waals surface area contributed by atoms with E-state index in [-0.39, 0.29) is 45.5 Å². The second-order valence-corrected chi connectivity index (χ2v) is 11.6. The Morgan fingerprint density at radius 2 is 1.18 bits per heavy atom. The first-order valence-corrected chi connectivity index (χ1v) is 15.1. The van der Waals surface area contributed by atoms with Crippen LogP contribution in [0.4, 0.5) is 17.6 Å². The number of benzene rings is 4. The minimum absolute atomic E-state index is 0.0248.